The summed E-state index contributed by atoms with van der Waals surface area (Å²) in [5, 5.41) is 2.83. The van der Waals surface area contributed by atoms with Crippen LogP contribution in [0.2, 0.25) is 5.02 Å². The van der Waals surface area contributed by atoms with Gasteiger partial charge in [-0.15, -0.1) is 11.3 Å². The van der Waals surface area contributed by atoms with Crippen molar-refractivity contribution in [3.63, 3.8) is 0 Å². The number of imidazole rings is 1. The summed E-state index contributed by atoms with van der Waals surface area (Å²) in [5.74, 6) is 0.975. The second kappa shape index (κ2) is 5.19. The standard InChI is InChI=1S/C15H13ClN2S/c1-10-15(13-6-3-7-19-13)18-14(17-10)9-11-4-2-5-12(16)8-11/h2-8H,9H2,1H3,(H,17,18). The quantitative estimate of drug-likeness (QED) is 0.744. The molecule has 3 rings (SSSR count). The van der Waals surface area contributed by atoms with E-state index in [0.717, 1.165) is 28.7 Å². The zero-order valence-corrected chi connectivity index (χ0v) is 12.1. The molecule has 0 bridgehead atoms. The smallest absolute Gasteiger partial charge is 0.111 e. The molecule has 3 aromatic rings. The Morgan fingerprint density at radius 1 is 1.26 bits per heavy atom. The summed E-state index contributed by atoms with van der Waals surface area (Å²) in [6.07, 6.45) is 0.771. The van der Waals surface area contributed by atoms with Gasteiger partial charge in [0, 0.05) is 17.1 Å². The Bertz CT molecular complexity index is 686. The Balaban J connectivity index is 1.89. The minimum Gasteiger partial charge on any atom is -0.345 e. The number of H-pyrrole nitrogens is 1. The van der Waals surface area contributed by atoms with Crippen molar-refractivity contribution in [1.82, 2.24) is 9.97 Å². The van der Waals surface area contributed by atoms with Gasteiger partial charge < -0.3 is 4.98 Å². The van der Waals surface area contributed by atoms with Gasteiger partial charge in [-0.3, -0.25) is 0 Å². The number of nitrogens with zero attached hydrogens (tertiary/aromatic N) is 1. The van der Waals surface area contributed by atoms with Gasteiger partial charge in [0.2, 0.25) is 0 Å². The highest BCUT2D eigenvalue weighted by Crippen LogP contribution is 2.26. The lowest BCUT2D eigenvalue weighted by Crippen LogP contribution is -1.90. The zero-order valence-electron chi connectivity index (χ0n) is 10.5. The Morgan fingerprint density at radius 3 is 2.89 bits per heavy atom. The molecule has 4 heteroatoms. The fraction of sp³-hybridized carbons (Fsp3) is 0.133. The third-order valence-corrected chi connectivity index (χ3v) is 4.06. The number of aromatic nitrogens is 2. The maximum Gasteiger partial charge on any atom is 0.111 e. The molecule has 0 aliphatic carbocycles. The number of aryl methyl sites for hydroxylation is 1. The van der Waals surface area contributed by atoms with Crippen molar-refractivity contribution in [3.8, 4) is 10.6 Å². The van der Waals surface area contributed by atoms with Gasteiger partial charge in [-0.05, 0) is 36.1 Å². The number of halogens is 1. The van der Waals surface area contributed by atoms with Gasteiger partial charge in [0.15, 0.2) is 0 Å². The number of benzene rings is 1. The van der Waals surface area contributed by atoms with Gasteiger partial charge in [0.25, 0.3) is 0 Å². The molecule has 2 nitrogen and oxygen atoms in total. The van der Waals surface area contributed by atoms with Crippen molar-refractivity contribution >= 4 is 22.9 Å². The fourth-order valence-electron chi connectivity index (χ4n) is 2.10. The molecule has 0 radical (unpaired) electrons. The molecule has 96 valence electrons. The minimum atomic E-state index is 0.763. The zero-order chi connectivity index (χ0) is 13.2. The van der Waals surface area contributed by atoms with Gasteiger partial charge in [-0.1, -0.05) is 29.8 Å². The number of hydrogen-bond donors (Lipinski definition) is 1. The number of aromatic amines is 1. The van der Waals surface area contributed by atoms with Crippen LogP contribution in [0.5, 0.6) is 0 Å². The number of hydrogen-bond acceptors (Lipinski definition) is 2. The maximum absolute atomic E-state index is 6.00. The molecule has 0 aliphatic rings. The first-order chi connectivity index (χ1) is 9.22. The maximum atomic E-state index is 6.00. The minimum absolute atomic E-state index is 0.763. The molecule has 0 amide bonds. The van der Waals surface area contributed by atoms with Gasteiger partial charge >= 0.3 is 0 Å². The van der Waals surface area contributed by atoms with E-state index in [-0.39, 0.29) is 0 Å². The first-order valence-corrected chi connectivity index (χ1v) is 7.32. The van der Waals surface area contributed by atoms with Crippen molar-refractivity contribution < 1.29 is 0 Å². The van der Waals surface area contributed by atoms with E-state index in [1.807, 2.05) is 24.3 Å². The summed E-state index contributed by atoms with van der Waals surface area (Å²) in [6, 6.07) is 12.0. The fourth-order valence-corrected chi connectivity index (χ4v) is 3.08. The van der Waals surface area contributed by atoms with Crippen molar-refractivity contribution in [1.29, 1.82) is 0 Å². The molecule has 1 N–H and O–H groups in total. The second-order valence-corrected chi connectivity index (χ2v) is 5.83. The van der Waals surface area contributed by atoms with Gasteiger partial charge in [-0.2, -0.15) is 0 Å². The average molecular weight is 289 g/mol. The van der Waals surface area contributed by atoms with E-state index in [1.165, 1.54) is 10.4 Å². The van der Waals surface area contributed by atoms with Crippen LogP contribution in [0.4, 0.5) is 0 Å². The first kappa shape index (κ1) is 12.5. The van der Waals surface area contributed by atoms with Crippen LogP contribution in [0, 0.1) is 6.92 Å². The van der Waals surface area contributed by atoms with Crippen LogP contribution in [0.3, 0.4) is 0 Å². The SMILES string of the molecule is Cc1[nH]c(Cc2cccc(Cl)c2)nc1-c1cccs1. The van der Waals surface area contributed by atoms with Crippen molar-refractivity contribution in [2.24, 2.45) is 0 Å². The molecule has 0 saturated heterocycles. The first-order valence-electron chi connectivity index (χ1n) is 6.06. The van der Waals surface area contributed by atoms with E-state index in [9.17, 15) is 0 Å². The summed E-state index contributed by atoms with van der Waals surface area (Å²) in [7, 11) is 0. The average Bonchev–Trinajstić information content (AvgIpc) is 2.98. The predicted octanol–water partition coefficient (Wildman–Crippen LogP) is 4.69. The normalized spacial score (nSPS) is 10.8. The van der Waals surface area contributed by atoms with Crippen LogP contribution in [-0.2, 0) is 6.42 Å². The van der Waals surface area contributed by atoms with Crippen LogP contribution in [0.25, 0.3) is 10.6 Å². The number of thiophene rings is 1. The summed E-state index contributed by atoms with van der Waals surface area (Å²) < 4.78 is 0. The van der Waals surface area contributed by atoms with Crippen LogP contribution < -0.4 is 0 Å². The lowest BCUT2D eigenvalue weighted by atomic mass is 10.1. The Hall–Kier alpha value is -1.58. The summed E-state index contributed by atoms with van der Waals surface area (Å²) in [5.41, 5.74) is 3.32. The summed E-state index contributed by atoms with van der Waals surface area (Å²) >= 11 is 7.71. The molecule has 0 unspecified atom stereocenters. The molecule has 0 fully saturated rings. The van der Waals surface area contributed by atoms with Crippen LogP contribution in [0.1, 0.15) is 17.1 Å². The molecule has 0 atom stereocenters. The third kappa shape index (κ3) is 2.72. The van der Waals surface area contributed by atoms with Crippen molar-refractivity contribution in [3.05, 3.63) is 63.9 Å². The highest BCUT2D eigenvalue weighted by molar-refractivity contribution is 7.13. The largest absolute Gasteiger partial charge is 0.345 e. The molecular weight excluding hydrogens is 276 g/mol. The molecule has 0 spiro atoms. The summed E-state index contributed by atoms with van der Waals surface area (Å²) in [4.78, 5) is 9.24. The van der Waals surface area contributed by atoms with E-state index >= 15 is 0 Å². The second-order valence-electron chi connectivity index (χ2n) is 4.44. The van der Waals surface area contributed by atoms with Crippen LogP contribution in [0.15, 0.2) is 41.8 Å². The molecule has 2 aromatic heterocycles. The van der Waals surface area contributed by atoms with E-state index in [0.29, 0.717) is 0 Å². The van der Waals surface area contributed by atoms with Crippen molar-refractivity contribution in [2.45, 2.75) is 13.3 Å². The summed E-state index contributed by atoms with van der Waals surface area (Å²) in [6.45, 7) is 2.06. The lowest BCUT2D eigenvalue weighted by molar-refractivity contribution is 1.02. The van der Waals surface area contributed by atoms with Crippen LogP contribution in [-0.4, -0.2) is 9.97 Å². The van der Waals surface area contributed by atoms with Gasteiger partial charge in [-0.25, -0.2) is 4.98 Å². The Kier molecular flexibility index (Phi) is 3.40. The molecule has 0 aliphatic heterocycles. The molecule has 2 heterocycles. The van der Waals surface area contributed by atoms with Crippen molar-refractivity contribution in [2.75, 3.05) is 0 Å². The molecule has 0 saturated carbocycles. The molecular formula is C15H13ClN2S. The number of nitrogens with one attached hydrogen (secondary N) is 1. The highest BCUT2D eigenvalue weighted by Gasteiger charge is 2.10. The Labute approximate surface area is 121 Å². The monoisotopic (exact) mass is 288 g/mol. The Morgan fingerprint density at radius 2 is 2.16 bits per heavy atom. The van der Waals surface area contributed by atoms with E-state index in [4.69, 9.17) is 11.6 Å². The molecule has 1 aromatic carbocycles. The lowest BCUT2D eigenvalue weighted by Gasteiger charge is -1.98. The van der Waals surface area contributed by atoms with E-state index < -0.39 is 0 Å². The topological polar surface area (TPSA) is 28.7 Å². The third-order valence-electron chi connectivity index (χ3n) is 2.95. The van der Waals surface area contributed by atoms with Gasteiger partial charge in [0.1, 0.15) is 11.5 Å². The van der Waals surface area contributed by atoms with Gasteiger partial charge in [0.05, 0.1) is 4.88 Å². The van der Waals surface area contributed by atoms with E-state index in [1.54, 1.807) is 11.3 Å². The predicted molar refractivity (Wildman–Crippen MR) is 80.9 cm³/mol. The van der Waals surface area contributed by atoms with Crippen LogP contribution >= 0.6 is 22.9 Å². The number of rotatable bonds is 3. The van der Waals surface area contributed by atoms with E-state index in [2.05, 4.69) is 34.4 Å². The molecule has 19 heavy (non-hydrogen) atoms. The highest BCUT2D eigenvalue weighted by atomic mass is 35.5.